The molecule has 0 saturated carbocycles. The number of benzene rings is 1. The van der Waals surface area contributed by atoms with Crippen LogP contribution < -0.4 is 4.74 Å². The van der Waals surface area contributed by atoms with Crippen molar-refractivity contribution in [2.75, 3.05) is 7.11 Å². The largest absolute Gasteiger partial charge is 0.496 e. The van der Waals surface area contributed by atoms with Crippen LogP contribution in [0.15, 0.2) is 42.0 Å². The molecule has 0 heterocycles. The Morgan fingerprint density at radius 2 is 2.00 bits per heavy atom. The number of allylic oxidation sites excluding steroid dienone is 3. The molecular weight excluding hydrogens is 268 g/mol. The minimum atomic E-state index is -1.06. The van der Waals surface area contributed by atoms with Crippen LogP contribution in [0.5, 0.6) is 5.75 Å². The van der Waals surface area contributed by atoms with Crippen LogP contribution >= 0.6 is 11.6 Å². The molecule has 100 valence electrons. The fourth-order valence-corrected chi connectivity index (χ4v) is 1.58. The second kappa shape index (κ2) is 6.75. The van der Waals surface area contributed by atoms with E-state index in [9.17, 15) is 9.59 Å². The lowest BCUT2D eigenvalue weighted by Gasteiger charge is -2.05. The number of carboxylic acids is 1. The Labute approximate surface area is 116 Å². The number of methoxy groups -OCH3 is 1. The zero-order chi connectivity index (χ0) is 14.4. The molecule has 0 aliphatic heterocycles. The number of hydrogen-bond acceptors (Lipinski definition) is 3. The van der Waals surface area contributed by atoms with E-state index in [0.717, 1.165) is 6.08 Å². The first-order valence-corrected chi connectivity index (χ1v) is 5.79. The lowest BCUT2D eigenvalue weighted by atomic mass is 10.1. The summed E-state index contributed by atoms with van der Waals surface area (Å²) < 4.78 is 5.07. The van der Waals surface area contributed by atoms with Gasteiger partial charge in [0.05, 0.1) is 12.7 Å². The van der Waals surface area contributed by atoms with Crippen LogP contribution in [-0.4, -0.2) is 24.0 Å². The van der Waals surface area contributed by atoms with E-state index in [1.165, 1.54) is 25.3 Å². The molecular formula is C14H13ClO4. The van der Waals surface area contributed by atoms with Crippen molar-refractivity contribution in [1.82, 2.24) is 0 Å². The fourth-order valence-electron chi connectivity index (χ4n) is 1.41. The molecule has 5 heteroatoms. The highest BCUT2D eigenvalue weighted by molar-refractivity contribution is 6.31. The summed E-state index contributed by atoms with van der Waals surface area (Å²) in [6, 6.07) is 4.73. The van der Waals surface area contributed by atoms with Crippen LogP contribution in [0.4, 0.5) is 0 Å². The second-order valence-electron chi connectivity index (χ2n) is 3.77. The summed E-state index contributed by atoms with van der Waals surface area (Å²) >= 11 is 5.83. The van der Waals surface area contributed by atoms with Crippen LogP contribution in [0.3, 0.4) is 0 Å². The second-order valence-corrected chi connectivity index (χ2v) is 4.21. The van der Waals surface area contributed by atoms with Crippen LogP contribution in [0.1, 0.15) is 17.3 Å². The van der Waals surface area contributed by atoms with Crippen molar-refractivity contribution in [2.45, 2.75) is 6.92 Å². The summed E-state index contributed by atoms with van der Waals surface area (Å²) in [5, 5.41) is 8.98. The quantitative estimate of drug-likeness (QED) is 0.511. The monoisotopic (exact) mass is 280 g/mol. The van der Waals surface area contributed by atoms with Crippen molar-refractivity contribution >= 4 is 23.4 Å². The first-order chi connectivity index (χ1) is 8.93. The van der Waals surface area contributed by atoms with E-state index in [1.807, 2.05) is 0 Å². The van der Waals surface area contributed by atoms with E-state index >= 15 is 0 Å². The molecule has 0 spiro atoms. The topological polar surface area (TPSA) is 63.6 Å². The molecule has 1 aromatic carbocycles. The highest BCUT2D eigenvalue weighted by Crippen LogP contribution is 2.23. The fraction of sp³-hybridized carbons (Fsp3) is 0.143. The van der Waals surface area contributed by atoms with Gasteiger partial charge in [0, 0.05) is 11.1 Å². The Bertz CT molecular complexity index is 559. The zero-order valence-corrected chi connectivity index (χ0v) is 11.3. The molecule has 0 aliphatic rings. The van der Waals surface area contributed by atoms with E-state index in [2.05, 4.69) is 0 Å². The van der Waals surface area contributed by atoms with Gasteiger partial charge in [0.1, 0.15) is 5.75 Å². The van der Waals surface area contributed by atoms with Crippen LogP contribution in [0.2, 0.25) is 5.02 Å². The van der Waals surface area contributed by atoms with Crippen molar-refractivity contribution in [2.24, 2.45) is 0 Å². The standard InChI is InChI=1S/C14H13ClO4/c1-9(7-14(17)18)3-5-12(16)11-8-10(15)4-6-13(11)19-2/h3-8H,1-2H3,(H,17,18)/b5-3+,9-7+. The Kier molecular flexibility index (Phi) is 5.33. The number of carboxylic acid groups (broad SMARTS) is 1. The number of ether oxygens (including phenoxy) is 1. The maximum absolute atomic E-state index is 12.0. The lowest BCUT2D eigenvalue weighted by molar-refractivity contribution is -0.131. The molecule has 0 fully saturated rings. The number of aliphatic carboxylic acids is 1. The van der Waals surface area contributed by atoms with E-state index < -0.39 is 5.97 Å². The first kappa shape index (κ1) is 15.0. The highest BCUT2D eigenvalue weighted by atomic mass is 35.5. The number of halogens is 1. The summed E-state index contributed by atoms with van der Waals surface area (Å²) in [7, 11) is 1.46. The van der Waals surface area contributed by atoms with Gasteiger partial charge >= 0.3 is 5.97 Å². The predicted octanol–water partition coefficient (Wildman–Crippen LogP) is 3.12. The summed E-state index contributed by atoms with van der Waals surface area (Å²) in [5.41, 5.74) is 0.788. The average molecular weight is 281 g/mol. The van der Waals surface area contributed by atoms with Crippen molar-refractivity contribution in [3.8, 4) is 5.75 Å². The third-order valence-corrected chi connectivity index (χ3v) is 2.51. The third-order valence-electron chi connectivity index (χ3n) is 2.28. The van der Waals surface area contributed by atoms with Crippen LogP contribution in [0.25, 0.3) is 0 Å². The lowest BCUT2D eigenvalue weighted by Crippen LogP contribution is -1.99. The number of ketones is 1. The minimum Gasteiger partial charge on any atom is -0.496 e. The summed E-state index contributed by atoms with van der Waals surface area (Å²) in [4.78, 5) is 22.4. The van der Waals surface area contributed by atoms with Gasteiger partial charge in [-0.2, -0.15) is 0 Å². The van der Waals surface area contributed by atoms with E-state index in [1.54, 1.807) is 19.1 Å². The molecule has 0 bridgehead atoms. The number of hydrogen-bond donors (Lipinski definition) is 1. The SMILES string of the molecule is COc1ccc(Cl)cc1C(=O)/C=C/C(C)=C/C(=O)O. The Morgan fingerprint density at radius 1 is 1.32 bits per heavy atom. The molecule has 1 rings (SSSR count). The molecule has 0 unspecified atom stereocenters. The van der Waals surface area contributed by atoms with E-state index in [0.29, 0.717) is 21.9 Å². The van der Waals surface area contributed by atoms with Gasteiger partial charge in [0.15, 0.2) is 5.78 Å². The van der Waals surface area contributed by atoms with Gasteiger partial charge in [-0.25, -0.2) is 4.79 Å². The maximum atomic E-state index is 12.0. The molecule has 0 radical (unpaired) electrons. The van der Waals surface area contributed by atoms with E-state index in [4.69, 9.17) is 21.4 Å². The molecule has 0 atom stereocenters. The number of carbonyl (C=O) groups excluding carboxylic acids is 1. The highest BCUT2D eigenvalue weighted by Gasteiger charge is 2.10. The van der Waals surface area contributed by atoms with Gasteiger partial charge in [-0.05, 0) is 36.8 Å². The van der Waals surface area contributed by atoms with E-state index in [-0.39, 0.29) is 5.78 Å². The van der Waals surface area contributed by atoms with Crippen LogP contribution in [-0.2, 0) is 4.79 Å². The van der Waals surface area contributed by atoms with Gasteiger partial charge < -0.3 is 9.84 Å². The van der Waals surface area contributed by atoms with Gasteiger partial charge in [-0.3, -0.25) is 4.79 Å². The van der Waals surface area contributed by atoms with Crippen molar-refractivity contribution in [3.05, 3.63) is 52.6 Å². The van der Waals surface area contributed by atoms with Crippen LogP contribution in [0, 0.1) is 0 Å². The Morgan fingerprint density at radius 3 is 2.58 bits per heavy atom. The molecule has 0 amide bonds. The molecule has 0 aliphatic carbocycles. The van der Waals surface area contributed by atoms with Gasteiger partial charge in [0.2, 0.25) is 0 Å². The predicted molar refractivity (Wildman–Crippen MR) is 72.9 cm³/mol. The van der Waals surface area contributed by atoms with Gasteiger partial charge in [0.25, 0.3) is 0 Å². The summed E-state index contributed by atoms with van der Waals surface area (Å²) in [6.07, 6.45) is 3.72. The average Bonchev–Trinajstić information content (AvgIpc) is 2.35. The minimum absolute atomic E-state index is 0.308. The third kappa shape index (κ3) is 4.60. The van der Waals surface area contributed by atoms with Gasteiger partial charge in [-0.15, -0.1) is 0 Å². The molecule has 4 nitrogen and oxygen atoms in total. The Hall–Kier alpha value is -2.07. The molecule has 1 N–H and O–H groups in total. The number of rotatable bonds is 5. The normalized spacial score (nSPS) is 11.6. The maximum Gasteiger partial charge on any atom is 0.328 e. The molecule has 19 heavy (non-hydrogen) atoms. The number of carbonyl (C=O) groups is 2. The molecule has 0 saturated heterocycles. The molecule has 0 aromatic heterocycles. The van der Waals surface area contributed by atoms with Crippen molar-refractivity contribution in [1.29, 1.82) is 0 Å². The zero-order valence-electron chi connectivity index (χ0n) is 10.5. The summed E-state index contributed by atoms with van der Waals surface area (Å²) in [6.45, 7) is 1.59. The first-order valence-electron chi connectivity index (χ1n) is 5.41. The van der Waals surface area contributed by atoms with Crippen molar-refractivity contribution in [3.63, 3.8) is 0 Å². The summed E-state index contributed by atoms with van der Waals surface area (Å²) in [5.74, 6) is -0.952. The van der Waals surface area contributed by atoms with Gasteiger partial charge in [-0.1, -0.05) is 17.7 Å². The Balaban J connectivity index is 2.98. The molecule has 1 aromatic rings. The smallest absolute Gasteiger partial charge is 0.328 e. The van der Waals surface area contributed by atoms with Crippen molar-refractivity contribution < 1.29 is 19.4 Å².